The van der Waals surface area contributed by atoms with Crippen LogP contribution in [0, 0.1) is 19.7 Å². The van der Waals surface area contributed by atoms with Crippen LogP contribution in [0.3, 0.4) is 0 Å². The van der Waals surface area contributed by atoms with Crippen molar-refractivity contribution in [3.63, 3.8) is 0 Å². The minimum atomic E-state index is -0.214. The van der Waals surface area contributed by atoms with Gasteiger partial charge in [0.15, 0.2) is 0 Å². The van der Waals surface area contributed by atoms with E-state index in [1.165, 1.54) is 6.07 Å². The van der Waals surface area contributed by atoms with E-state index in [0.29, 0.717) is 11.6 Å². The Morgan fingerprint density at radius 3 is 2.55 bits per heavy atom. The minimum absolute atomic E-state index is 0.00444. The average Bonchev–Trinajstić information content (AvgIpc) is 2.60. The second-order valence-electron chi connectivity index (χ2n) is 5.09. The van der Waals surface area contributed by atoms with Crippen LogP contribution in [0.15, 0.2) is 18.2 Å². The van der Waals surface area contributed by atoms with Crippen LogP contribution in [0.2, 0.25) is 5.15 Å². The molecule has 1 heterocycles. The van der Waals surface area contributed by atoms with Crippen molar-refractivity contribution in [1.82, 2.24) is 15.1 Å². The second-order valence-corrected chi connectivity index (χ2v) is 5.44. The van der Waals surface area contributed by atoms with Crippen LogP contribution in [-0.2, 0) is 13.5 Å². The fourth-order valence-corrected chi connectivity index (χ4v) is 2.71. The molecule has 1 aromatic heterocycles. The topological polar surface area (TPSA) is 29.9 Å². The molecule has 5 heteroatoms. The van der Waals surface area contributed by atoms with Crippen molar-refractivity contribution in [2.75, 3.05) is 7.05 Å². The van der Waals surface area contributed by atoms with Gasteiger partial charge in [-0.05, 0) is 50.6 Å². The number of likely N-dealkylation sites (N-methyl/N-ethyl adjacent to an activating group) is 1. The Labute approximate surface area is 123 Å². The van der Waals surface area contributed by atoms with E-state index in [0.717, 1.165) is 22.4 Å². The highest BCUT2D eigenvalue weighted by molar-refractivity contribution is 6.30. The van der Waals surface area contributed by atoms with Gasteiger partial charge in [-0.25, -0.2) is 4.39 Å². The van der Waals surface area contributed by atoms with Crippen molar-refractivity contribution in [3.05, 3.63) is 51.6 Å². The summed E-state index contributed by atoms with van der Waals surface area (Å²) in [5.41, 5.74) is 3.74. The molecule has 0 aliphatic heterocycles. The Hall–Kier alpha value is -1.39. The fourth-order valence-electron chi connectivity index (χ4n) is 2.46. The van der Waals surface area contributed by atoms with E-state index in [4.69, 9.17) is 11.6 Å². The Morgan fingerprint density at radius 2 is 2.05 bits per heavy atom. The molecule has 0 fully saturated rings. The monoisotopic (exact) mass is 295 g/mol. The summed E-state index contributed by atoms with van der Waals surface area (Å²) in [5, 5.41) is 8.17. The molecule has 1 unspecified atom stereocenters. The zero-order valence-corrected chi connectivity index (χ0v) is 12.9. The van der Waals surface area contributed by atoms with Gasteiger partial charge >= 0.3 is 0 Å². The summed E-state index contributed by atoms with van der Waals surface area (Å²) in [5.74, 6) is -0.214. The number of benzene rings is 1. The Morgan fingerprint density at radius 1 is 1.35 bits per heavy atom. The van der Waals surface area contributed by atoms with Crippen molar-refractivity contribution in [3.8, 4) is 0 Å². The van der Waals surface area contributed by atoms with E-state index in [1.54, 1.807) is 10.7 Å². The zero-order valence-electron chi connectivity index (χ0n) is 12.2. The molecule has 0 aliphatic rings. The highest BCUT2D eigenvalue weighted by Gasteiger charge is 2.18. The average molecular weight is 296 g/mol. The SMILES string of the molecule is CNC(Cc1c(C)nn(C)c1Cl)c1cc(C)cc(F)c1. The molecule has 1 aromatic carbocycles. The Bertz CT molecular complexity index is 602. The van der Waals surface area contributed by atoms with Gasteiger partial charge in [0.1, 0.15) is 11.0 Å². The van der Waals surface area contributed by atoms with E-state index in [1.807, 2.05) is 34.0 Å². The summed E-state index contributed by atoms with van der Waals surface area (Å²) < 4.78 is 15.2. The first-order chi connectivity index (χ1) is 9.42. The number of nitrogens with zero attached hydrogens (tertiary/aromatic N) is 2. The molecule has 0 saturated carbocycles. The van der Waals surface area contributed by atoms with E-state index in [-0.39, 0.29) is 11.9 Å². The summed E-state index contributed by atoms with van der Waals surface area (Å²) in [7, 11) is 3.68. The highest BCUT2D eigenvalue weighted by atomic mass is 35.5. The first kappa shape index (κ1) is 15.0. The van der Waals surface area contributed by atoms with Gasteiger partial charge in [0, 0.05) is 18.7 Å². The third-order valence-corrected chi connectivity index (χ3v) is 3.97. The van der Waals surface area contributed by atoms with Gasteiger partial charge in [-0.2, -0.15) is 5.10 Å². The predicted octanol–water partition coefficient (Wildman–Crippen LogP) is 3.33. The molecule has 0 amide bonds. The summed E-state index contributed by atoms with van der Waals surface area (Å²) in [4.78, 5) is 0. The summed E-state index contributed by atoms with van der Waals surface area (Å²) >= 11 is 6.26. The molecule has 2 aromatic rings. The maximum atomic E-state index is 13.6. The van der Waals surface area contributed by atoms with Crippen LogP contribution in [-0.4, -0.2) is 16.8 Å². The number of rotatable bonds is 4. The molecule has 0 saturated heterocycles. The summed E-state index contributed by atoms with van der Waals surface area (Å²) in [6, 6.07) is 5.08. The lowest BCUT2D eigenvalue weighted by Gasteiger charge is -2.17. The largest absolute Gasteiger partial charge is 0.313 e. The van der Waals surface area contributed by atoms with E-state index >= 15 is 0 Å². The van der Waals surface area contributed by atoms with Crippen LogP contribution in [0.25, 0.3) is 0 Å². The molecular weight excluding hydrogens is 277 g/mol. The second kappa shape index (κ2) is 5.94. The van der Waals surface area contributed by atoms with Gasteiger partial charge in [-0.1, -0.05) is 17.7 Å². The Kier molecular flexibility index (Phi) is 4.45. The molecule has 3 nitrogen and oxygen atoms in total. The number of nitrogens with one attached hydrogen (secondary N) is 1. The van der Waals surface area contributed by atoms with Gasteiger partial charge in [0.25, 0.3) is 0 Å². The number of hydrogen-bond donors (Lipinski definition) is 1. The minimum Gasteiger partial charge on any atom is -0.313 e. The van der Waals surface area contributed by atoms with Crippen molar-refractivity contribution in [2.24, 2.45) is 7.05 Å². The summed E-state index contributed by atoms with van der Waals surface area (Å²) in [6.45, 7) is 3.83. The van der Waals surface area contributed by atoms with Crippen molar-refractivity contribution in [1.29, 1.82) is 0 Å². The quantitative estimate of drug-likeness (QED) is 0.937. The van der Waals surface area contributed by atoms with Gasteiger partial charge in [-0.15, -0.1) is 0 Å². The standard InChI is InChI=1S/C15H19ClFN3/c1-9-5-11(7-12(17)6-9)14(18-3)8-13-10(2)19-20(4)15(13)16/h5-7,14,18H,8H2,1-4H3. The maximum Gasteiger partial charge on any atom is 0.130 e. The van der Waals surface area contributed by atoms with E-state index < -0.39 is 0 Å². The Balaban J connectivity index is 2.33. The molecule has 20 heavy (non-hydrogen) atoms. The lowest BCUT2D eigenvalue weighted by atomic mass is 9.98. The number of aromatic nitrogens is 2. The van der Waals surface area contributed by atoms with Gasteiger partial charge < -0.3 is 5.32 Å². The molecule has 0 spiro atoms. The van der Waals surface area contributed by atoms with Crippen LogP contribution in [0.1, 0.15) is 28.4 Å². The van der Waals surface area contributed by atoms with Gasteiger partial charge in [-0.3, -0.25) is 4.68 Å². The lowest BCUT2D eigenvalue weighted by molar-refractivity contribution is 0.575. The van der Waals surface area contributed by atoms with Crippen molar-refractivity contribution >= 4 is 11.6 Å². The van der Waals surface area contributed by atoms with Gasteiger partial charge in [0.05, 0.1) is 5.69 Å². The number of halogens is 2. The fraction of sp³-hybridized carbons (Fsp3) is 0.400. The first-order valence-corrected chi connectivity index (χ1v) is 6.92. The van der Waals surface area contributed by atoms with Crippen molar-refractivity contribution in [2.45, 2.75) is 26.3 Å². The maximum absolute atomic E-state index is 13.6. The van der Waals surface area contributed by atoms with E-state index in [2.05, 4.69) is 10.4 Å². The lowest BCUT2D eigenvalue weighted by Crippen LogP contribution is -2.19. The first-order valence-electron chi connectivity index (χ1n) is 6.54. The summed E-state index contributed by atoms with van der Waals surface area (Å²) in [6.07, 6.45) is 0.678. The number of hydrogen-bond acceptors (Lipinski definition) is 2. The third kappa shape index (κ3) is 3.02. The molecule has 0 aliphatic carbocycles. The molecule has 1 N–H and O–H groups in total. The van der Waals surface area contributed by atoms with E-state index in [9.17, 15) is 4.39 Å². The van der Waals surface area contributed by atoms with Crippen LogP contribution in [0.5, 0.6) is 0 Å². The van der Waals surface area contributed by atoms with Gasteiger partial charge in [0.2, 0.25) is 0 Å². The highest BCUT2D eigenvalue weighted by Crippen LogP contribution is 2.26. The molecule has 0 bridgehead atoms. The molecule has 0 radical (unpaired) electrons. The predicted molar refractivity (Wildman–Crippen MR) is 79.6 cm³/mol. The third-order valence-electron chi connectivity index (χ3n) is 3.49. The molecule has 2 rings (SSSR count). The smallest absolute Gasteiger partial charge is 0.130 e. The normalized spacial score (nSPS) is 12.7. The molecule has 1 atom stereocenters. The van der Waals surface area contributed by atoms with Crippen molar-refractivity contribution < 1.29 is 4.39 Å². The van der Waals surface area contributed by atoms with Crippen LogP contribution < -0.4 is 5.32 Å². The zero-order chi connectivity index (χ0) is 14.9. The molecule has 108 valence electrons. The molecular formula is C15H19ClFN3. The van der Waals surface area contributed by atoms with Crippen LogP contribution >= 0.6 is 11.6 Å². The number of aryl methyl sites for hydroxylation is 3. The van der Waals surface area contributed by atoms with Crippen LogP contribution in [0.4, 0.5) is 4.39 Å².